The number of hydrogen-bond acceptors (Lipinski definition) is 2. The van der Waals surface area contributed by atoms with Crippen molar-refractivity contribution in [2.75, 3.05) is 0 Å². The van der Waals surface area contributed by atoms with Crippen molar-refractivity contribution in [2.45, 2.75) is 44.3 Å². The summed E-state index contributed by atoms with van der Waals surface area (Å²) in [6, 6.07) is 0. The minimum absolute atomic E-state index is 0.451. The molecule has 0 spiro atoms. The largest absolute Gasteiger partial charge is 0.390 e. The summed E-state index contributed by atoms with van der Waals surface area (Å²) in [4.78, 5) is 0. The van der Waals surface area contributed by atoms with Crippen LogP contribution in [0, 0.1) is 0 Å². The third-order valence-corrected chi connectivity index (χ3v) is 1.94. The molecule has 54 valence electrons. The molecule has 0 aromatic carbocycles. The van der Waals surface area contributed by atoms with Gasteiger partial charge in [0.1, 0.15) is 0 Å². The summed E-state index contributed by atoms with van der Waals surface area (Å²) in [6.07, 6.45) is 3.95. The molecule has 0 radical (unpaired) electrons. The topological polar surface area (TPSA) is 40.5 Å². The number of aliphatic hydroxyl groups is 2. The molecule has 2 unspecified atom stereocenters. The SMILES string of the molecule is OC1CCCCCC1O. The van der Waals surface area contributed by atoms with Gasteiger partial charge in [0.25, 0.3) is 0 Å². The fraction of sp³-hybridized carbons (Fsp3) is 1.00. The molecule has 0 aromatic heterocycles. The van der Waals surface area contributed by atoms with Crippen LogP contribution in [0.25, 0.3) is 0 Å². The zero-order valence-corrected chi connectivity index (χ0v) is 5.58. The Balaban J connectivity index is 2.32. The Morgan fingerprint density at radius 3 is 1.67 bits per heavy atom. The zero-order chi connectivity index (χ0) is 6.69. The number of rotatable bonds is 0. The van der Waals surface area contributed by atoms with Gasteiger partial charge in [0.2, 0.25) is 0 Å². The summed E-state index contributed by atoms with van der Waals surface area (Å²) in [5.74, 6) is 0. The summed E-state index contributed by atoms with van der Waals surface area (Å²) in [5.41, 5.74) is 0. The van der Waals surface area contributed by atoms with E-state index >= 15 is 0 Å². The van der Waals surface area contributed by atoms with Crippen LogP contribution in [0.4, 0.5) is 0 Å². The van der Waals surface area contributed by atoms with Crippen molar-refractivity contribution in [1.29, 1.82) is 0 Å². The lowest BCUT2D eigenvalue weighted by Gasteiger charge is -2.12. The predicted octanol–water partition coefficient (Wildman–Crippen LogP) is 0.672. The van der Waals surface area contributed by atoms with E-state index in [1.807, 2.05) is 0 Å². The molecule has 0 saturated heterocycles. The number of hydrogen-bond donors (Lipinski definition) is 2. The van der Waals surface area contributed by atoms with Crippen molar-refractivity contribution in [3.63, 3.8) is 0 Å². The van der Waals surface area contributed by atoms with Crippen LogP contribution < -0.4 is 0 Å². The van der Waals surface area contributed by atoms with Gasteiger partial charge in [-0.1, -0.05) is 19.3 Å². The van der Waals surface area contributed by atoms with E-state index in [0.717, 1.165) is 32.1 Å². The summed E-state index contributed by atoms with van der Waals surface area (Å²) in [5, 5.41) is 18.2. The third kappa shape index (κ3) is 1.95. The standard InChI is InChI=1S/C7H14O2/c8-6-4-2-1-3-5-7(6)9/h6-9H,1-5H2. The Labute approximate surface area is 55.5 Å². The van der Waals surface area contributed by atoms with E-state index in [4.69, 9.17) is 10.2 Å². The molecule has 1 fully saturated rings. The summed E-state index contributed by atoms with van der Waals surface area (Å²) >= 11 is 0. The maximum absolute atomic E-state index is 9.11. The molecular formula is C7H14O2. The minimum atomic E-state index is -0.451. The molecule has 9 heavy (non-hydrogen) atoms. The average Bonchev–Trinajstić information content (AvgIpc) is 1.99. The van der Waals surface area contributed by atoms with Crippen LogP contribution in [-0.2, 0) is 0 Å². The number of aliphatic hydroxyl groups excluding tert-OH is 2. The van der Waals surface area contributed by atoms with Crippen LogP contribution >= 0.6 is 0 Å². The average molecular weight is 130 g/mol. The molecule has 2 nitrogen and oxygen atoms in total. The van der Waals surface area contributed by atoms with Gasteiger partial charge in [-0.3, -0.25) is 0 Å². The first-order valence-corrected chi connectivity index (χ1v) is 3.67. The summed E-state index contributed by atoms with van der Waals surface area (Å²) < 4.78 is 0. The Kier molecular flexibility index (Phi) is 2.49. The van der Waals surface area contributed by atoms with Gasteiger partial charge in [-0.2, -0.15) is 0 Å². The Morgan fingerprint density at radius 1 is 0.778 bits per heavy atom. The van der Waals surface area contributed by atoms with E-state index in [-0.39, 0.29) is 0 Å². The van der Waals surface area contributed by atoms with Crippen molar-refractivity contribution >= 4 is 0 Å². The second-order valence-corrected chi connectivity index (χ2v) is 2.77. The molecule has 2 N–H and O–H groups in total. The van der Waals surface area contributed by atoms with Crippen molar-refractivity contribution in [2.24, 2.45) is 0 Å². The fourth-order valence-corrected chi connectivity index (χ4v) is 1.27. The van der Waals surface area contributed by atoms with Crippen molar-refractivity contribution in [3.05, 3.63) is 0 Å². The second-order valence-electron chi connectivity index (χ2n) is 2.77. The highest BCUT2D eigenvalue weighted by molar-refractivity contribution is 4.70. The maximum atomic E-state index is 9.11. The lowest BCUT2D eigenvalue weighted by Crippen LogP contribution is -2.23. The van der Waals surface area contributed by atoms with Gasteiger partial charge in [-0.05, 0) is 12.8 Å². The van der Waals surface area contributed by atoms with E-state index < -0.39 is 12.2 Å². The van der Waals surface area contributed by atoms with Gasteiger partial charge < -0.3 is 10.2 Å². The van der Waals surface area contributed by atoms with Crippen molar-refractivity contribution in [1.82, 2.24) is 0 Å². The molecule has 1 aliphatic rings. The lowest BCUT2D eigenvalue weighted by atomic mass is 10.1. The van der Waals surface area contributed by atoms with Gasteiger partial charge in [0.05, 0.1) is 12.2 Å². The van der Waals surface area contributed by atoms with Gasteiger partial charge in [-0.15, -0.1) is 0 Å². The van der Waals surface area contributed by atoms with Gasteiger partial charge in [-0.25, -0.2) is 0 Å². The Hall–Kier alpha value is -0.0800. The highest BCUT2D eigenvalue weighted by Gasteiger charge is 2.17. The predicted molar refractivity (Wildman–Crippen MR) is 35.1 cm³/mol. The highest BCUT2D eigenvalue weighted by atomic mass is 16.3. The monoisotopic (exact) mass is 130 g/mol. The molecule has 1 saturated carbocycles. The van der Waals surface area contributed by atoms with E-state index in [1.165, 1.54) is 0 Å². The molecule has 0 bridgehead atoms. The molecule has 1 rings (SSSR count). The zero-order valence-electron chi connectivity index (χ0n) is 5.58. The molecule has 1 aliphatic carbocycles. The molecule has 0 heterocycles. The van der Waals surface area contributed by atoms with Crippen LogP contribution in [0.15, 0.2) is 0 Å². The molecule has 2 atom stereocenters. The lowest BCUT2D eigenvalue weighted by molar-refractivity contribution is 0.0157. The van der Waals surface area contributed by atoms with E-state index in [0.29, 0.717) is 0 Å². The quantitative estimate of drug-likeness (QED) is 0.473. The normalized spacial score (nSPS) is 38.0. The van der Waals surface area contributed by atoms with Gasteiger partial charge in [0, 0.05) is 0 Å². The third-order valence-electron chi connectivity index (χ3n) is 1.94. The molecular weight excluding hydrogens is 116 g/mol. The fourth-order valence-electron chi connectivity index (χ4n) is 1.27. The van der Waals surface area contributed by atoms with Crippen molar-refractivity contribution in [3.8, 4) is 0 Å². The van der Waals surface area contributed by atoms with Gasteiger partial charge in [0.15, 0.2) is 0 Å². The summed E-state index contributed by atoms with van der Waals surface area (Å²) in [7, 11) is 0. The van der Waals surface area contributed by atoms with Crippen LogP contribution in [0.1, 0.15) is 32.1 Å². The molecule has 0 amide bonds. The first-order valence-electron chi connectivity index (χ1n) is 3.67. The van der Waals surface area contributed by atoms with Crippen molar-refractivity contribution < 1.29 is 10.2 Å². The smallest absolute Gasteiger partial charge is 0.0799 e. The molecule has 2 heteroatoms. The second kappa shape index (κ2) is 3.18. The first-order chi connectivity index (χ1) is 4.30. The maximum Gasteiger partial charge on any atom is 0.0799 e. The first kappa shape index (κ1) is 7.03. The van der Waals surface area contributed by atoms with Crippen LogP contribution in [0.2, 0.25) is 0 Å². The van der Waals surface area contributed by atoms with Gasteiger partial charge >= 0.3 is 0 Å². The minimum Gasteiger partial charge on any atom is -0.390 e. The van der Waals surface area contributed by atoms with E-state index in [1.54, 1.807) is 0 Å². The molecule has 0 aliphatic heterocycles. The van der Waals surface area contributed by atoms with Crippen LogP contribution in [0.5, 0.6) is 0 Å². The van der Waals surface area contributed by atoms with E-state index in [9.17, 15) is 0 Å². The highest BCUT2D eigenvalue weighted by Crippen LogP contribution is 2.17. The van der Waals surface area contributed by atoms with Crippen LogP contribution in [0.3, 0.4) is 0 Å². The van der Waals surface area contributed by atoms with Crippen LogP contribution in [-0.4, -0.2) is 22.4 Å². The summed E-state index contributed by atoms with van der Waals surface area (Å²) in [6.45, 7) is 0. The Morgan fingerprint density at radius 2 is 1.22 bits per heavy atom. The van der Waals surface area contributed by atoms with E-state index in [2.05, 4.69) is 0 Å². The Bertz CT molecular complexity index is 73.0. The molecule has 0 aromatic rings.